The molecule has 1 amide bonds. The summed E-state index contributed by atoms with van der Waals surface area (Å²) in [5.41, 5.74) is 0.810. The molecule has 1 N–H and O–H groups in total. The van der Waals surface area contributed by atoms with Crippen LogP contribution in [-0.4, -0.2) is 11.9 Å². The van der Waals surface area contributed by atoms with Gasteiger partial charge in [0.1, 0.15) is 16.7 Å². The second kappa shape index (κ2) is 7.18. The number of thiol groups is 1. The van der Waals surface area contributed by atoms with Crippen molar-refractivity contribution in [2.45, 2.75) is 25.1 Å². The summed E-state index contributed by atoms with van der Waals surface area (Å²) in [6.45, 7) is 3.85. The van der Waals surface area contributed by atoms with Crippen LogP contribution in [0.2, 0.25) is 0 Å². The third-order valence-corrected chi connectivity index (χ3v) is 3.36. The van der Waals surface area contributed by atoms with Crippen LogP contribution in [0.4, 0.5) is 0 Å². The average Bonchev–Trinajstić information content (AvgIpc) is 2.47. The molecule has 0 aliphatic carbocycles. The molecule has 3 nitrogen and oxygen atoms in total. The molecule has 0 radical (unpaired) electrons. The lowest BCUT2D eigenvalue weighted by atomic mass is 10.1. The van der Waals surface area contributed by atoms with Crippen LogP contribution in [0.5, 0.6) is 11.5 Å². The molecule has 21 heavy (non-hydrogen) atoms. The lowest BCUT2D eigenvalue weighted by Gasteiger charge is -2.15. The van der Waals surface area contributed by atoms with E-state index in [1.54, 1.807) is 0 Å². The van der Waals surface area contributed by atoms with Crippen molar-refractivity contribution in [2.75, 3.05) is 0 Å². The van der Waals surface area contributed by atoms with Crippen LogP contribution in [-0.2, 0) is 4.79 Å². The van der Waals surface area contributed by atoms with Crippen LogP contribution < -0.4 is 10.1 Å². The molecule has 0 fully saturated rings. The van der Waals surface area contributed by atoms with E-state index in [4.69, 9.17) is 4.74 Å². The highest BCUT2D eigenvalue weighted by molar-refractivity contribution is 7.81. The van der Waals surface area contributed by atoms with Crippen molar-refractivity contribution in [3.63, 3.8) is 0 Å². The van der Waals surface area contributed by atoms with E-state index >= 15 is 0 Å². The summed E-state index contributed by atoms with van der Waals surface area (Å²) >= 11 is 4.40. The van der Waals surface area contributed by atoms with E-state index < -0.39 is 5.25 Å². The van der Waals surface area contributed by atoms with Gasteiger partial charge in [-0.2, -0.15) is 12.6 Å². The largest absolute Gasteiger partial charge is 0.457 e. The minimum absolute atomic E-state index is 0.0934. The van der Waals surface area contributed by atoms with E-state index in [0.717, 1.165) is 11.3 Å². The molecule has 2 aromatic rings. The van der Waals surface area contributed by atoms with E-state index in [0.29, 0.717) is 5.75 Å². The molecule has 0 saturated heterocycles. The topological polar surface area (TPSA) is 38.3 Å². The van der Waals surface area contributed by atoms with Gasteiger partial charge in [-0.25, -0.2) is 0 Å². The maximum Gasteiger partial charge on any atom is 0.237 e. The smallest absolute Gasteiger partial charge is 0.237 e. The number of rotatable bonds is 5. The maximum absolute atomic E-state index is 12.0. The lowest BCUT2D eigenvalue weighted by molar-refractivity contribution is -0.121. The van der Waals surface area contributed by atoms with E-state index in [1.165, 1.54) is 0 Å². The minimum Gasteiger partial charge on any atom is -0.457 e. The van der Waals surface area contributed by atoms with Crippen LogP contribution >= 0.6 is 12.6 Å². The fraction of sp³-hybridized carbons (Fsp3) is 0.235. The predicted molar refractivity (Wildman–Crippen MR) is 88.0 cm³/mol. The van der Waals surface area contributed by atoms with Gasteiger partial charge in [0.25, 0.3) is 0 Å². The van der Waals surface area contributed by atoms with Crippen molar-refractivity contribution in [1.82, 2.24) is 5.32 Å². The Balaban J connectivity index is 2.12. The second-order valence-electron chi connectivity index (χ2n) is 5.05. The van der Waals surface area contributed by atoms with Crippen molar-refractivity contribution in [1.29, 1.82) is 0 Å². The van der Waals surface area contributed by atoms with Crippen LogP contribution in [0.1, 0.15) is 24.7 Å². The molecule has 2 aromatic carbocycles. The van der Waals surface area contributed by atoms with Crippen molar-refractivity contribution >= 4 is 18.5 Å². The first kappa shape index (κ1) is 15.4. The number of amides is 1. The van der Waals surface area contributed by atoms with Gasteiger partial charge < -0.3 is 10.1 Å². The molecule has 0 heterocycles. The number of hydrogen-bond acceptors (Lipinski definition) is 3. The molecule has 4 heteroatoms. The summed E-state index contributed by atoms with van der Waals surface area (Å²) in [6, 6.07) is 17.1. The third kappa shape index (κ3) is 4.53. The number of ether oxygens (including phenoxy) is 1. The highest BCUT2D eigenvalue weighted by Gasteiger charge is 2.17. The molecular formula is C17H19NO2S. The number of benzene rings is 2. The monoisotopic (exact) mass is 301 g/mol. The molecule has 0 aromatic heterocycles. The van der Waals surface area contributed by atoms with E-state index in [2.05, 4.69) is 17.9 Å². The fourth-order valence-electron chi connectivity index (χ4n) is 1.89. The maximum atomic E-state index is 12.0. The number of carbonyl (C=O) groups excluding carboxylic acids is 1. The second-order valence-corrected chi connectivity index (χ2v) is 5.57. The van der Waals surface area contributed by atoms with Gasteiger partial charge in [0, 0.05) is 6.04 Å². The Hall–Kier alpha value is -1.94. The molecule has 0 aliphatic heterocycles. The van der Waals surface area contributed by atoms with Gasteiger partial charge in [0.05, 0.1) is 0 Å². The van der Waals surface area contributed by atoms with Crippen molar-refractivity contribution in [3.8, 4) is 11.5 Å². The van der Waals surface area contributed by atoms with Gasteiger partial charge >= 0.3 is 0 Å². The van der Waals surface area contributed by atoms with E-state index in [9.17, 15) is 4.79 Å². The summed E-state index contributed by atoms with van der Waals surface area (Å²) < 4.78 is 5.76. The molecule has 110 valence electrons. The zero-order valence-electron chi connectivity index (χ0n) is 12.1. The molecule has 0 saturated carbocycles. The van der Waals surface area contributed by atoms with Gasteiger partial charge in [0.15, 0.2) is 0 Å². The summed E-state index contributed by atoms with van der Waals surface area (Å²) in [5.74, 6) is 1.34. The van der Waals surface area contributed by atoms with Crippen LogP contribution in [0.3, 0.4) is 0 Å². The molecular weight excluding hydrogens is 282 g/mol. The number of nitrogens with one attached hydrogen (secondary N) is 1. The standard InChI is InChI=1S/C17H19NO2S/c1-12(2)18-17(19)16(21)13-7-6-10-15(11-13)20-14-8-4-3-5-9-14/h3-12,16,21H,1-2H3,(H,18,19). The van der Waals surface area contributed by atoms with Gasteiger partial charge in [0.2, 0.25) is 5.91 Å². The summed E-state index contributed by atoms with van der Waals surface area (Å²) in [6.07, 6.45) is 0. The summed E-state index contributed by atoms with van der Waals surface area (Å²) in [7, 11) is 0. The Kier molecular flexibility index (Phi) is 5.28. The Morgan fingerprint density at radius 1 is 1.05 bits per heavy atom. The first-order valence-electron chi connectivity index (χ1n) is 6.87. The van der Waals surface area contributed by atoms with Gasteiger partial charge in [-0.1, -0.05) is 30.3 Å². The van der Waals surface area contributed by atoms with Crippen molar-refractivity contribution in [2.24, 2.45) is 0 Å². The fourth-order valence-corrected chi connectivity index (χ4v) is 2.12. The number of para-hydroxylation sites is 1. The average molecular weight is 301 g/mol. The van der Waals surface area contributed by atoms with Crippen LogP contribution in [0, 0.1) is 0 Å². The zero-order valence-corrected chi connectivity index (χ0v) is 13.0. The number of carbonyl (C=O) groups is 1. The van der Waals surface area contributed by atoms with E-state index in [1.807, 2.05) is 68.4 Å². The lowest BCUT2D eigenvalue weighted by Crippen LogP contribution is -2.32. The molecule has 1 atom stereocenters. The first-order valence-corrected chi connectivity index (χ1v) is 7.39. The highest BCUT2D eigenvalue weighted by atomic mass is 32.1. The Bertz CT molecular complexity index is 599. The summed E-state index contributed by atoms with van der Waals surface area (Å²) in [4.78, 5) is 12.0. The quantitative estimate of drug-likeness (QED) is 0.820. The molecule has 0 aliphatic rings. The highest BCUT2D eigenvalue weighted by Crippen LogP contribution is 2.27. The van der Waals surface area contributed by atoms with Crippen molar-refractivity contribution < 1.29 is 9.53 Å². The van der Waals surface area contributed by atoms with Gasteiger partial charge in [-0.3, -0.25) is 4.79 Å². The molecule has 2 rings (SSSR count). The predicted octanol–water partition coefficient (Wildman–Crippen LogP) is 3.97. The van der Waals surface area contributed by atoms with Crippen LogP contribution in [0.15, 0.2) is 54.6 Å². The number of hydrogen-bond donors (Lipinski definition) is 2. The SMILES string of the molecule is CC(C)NC(=O)C(S)c1cccc(Oc2ccccc2)c1. The minimum atomic E-state index is -0.508. The normalized spacial score (nSPS) is 12.0. The van der Waals surface area contributed by atoms with Crippen molar-refractivity contribution in [3.05, 3.63) is 60.2 Å². The van der Waals surface area contributed by atoms with E-state index in [-0.39, 0.29) is 11.9 Å². The molecule has 0 bridgehead atoms. The molecule has 0 spiro atoms. The van der Waals surface area contributed by atoms with Gasteiger partial charge in [-0.05, 0) is 43.7 Å². The Morgan fingerprint density at radius 3 is 2.38 bits per heavy atom. The van der Waals surface area contributed by atoms with Gasteiger partial charge in [-0.15, -0.1) is 0 Å². The van der Waals surface area contributed by atoms with Crippen LogP contribution in [0.25, 0.3) is 0 Å². The first-order chi connectivity index (χ1) is 10.1. The summed E-state index contributed by atoms with van der Waals surface area (Å²) in [5, 5.41) is 2.35. The Labute approximate surface area is 130 Å². The Morgan fingerprint density at radius 2 is 1.71 bits per heavy atom. The third-order valence-electron chi connectivity index (χ3n) is 2.83. The zero-order chi connectivity index (χ0) is 15.2. The molecule has 1 unspecified atom stereocenters.